The van der Waals surface area contributed by atoms with Gasteiger partial charge in [-0.1, -0.05) is 5.16 Å². The minimum Gasteiger partial charge on any atom is -0.406 e. The van der Waals surface area contributed by atoms with Crippen LogP contribution in [0.3, 0.4) is 0 Å². The number of aromatic nitrogens is 3. The molecule has 0 bridgehead atoms. The maximum atomic E-state index is 12.5. The fourth-order valence-electron chi connectivity index (χ4n) is 4.85. The van der Waals surface area contributed by atoms with Crippen molar-refractivity contribution in [2.45, 2.75) is 44.2 Å². The second-order valence-corrected chi connectivity index (χ2v) is 9.01. The highest BCUT2D eigenvalue weighted by Gasteiger charge is 2.45. The highest BCUT2D eigenvalue weighted by molar-refractivity contribution is 6.01. The molecule has 2 aliphatic heterocycles. The molecule has 9 nitrogen and oxygen atoms in total. The molecule has 2 aliphatic rings. The Labute approximate surface area is 203 Å². The summed E-state index contributed by atoms with van der Waals surface area (Å²) in [5.41, 5.74) is 1.59. The molecule has 186 valence electrons. The normalized spacial score (nSPS) is 21.8. The largest absolute Gasteiger partial charge is 0.573 e. The number of nitriles is 1. The molecule has 1 saturated heterocycles. The lowest BCUT2D eigenvalue weighted by atomic mass is 9.82. The average molecular weight is 498 g/mol. The van der Waals surface area contributed by atoms with Crippen molar-refractivity contribution in [2.24, 2.45) is 12.2 Å². The molecule has 0 saturated carbocycles. The molecule has 36 heavy (non-hydrogen) atoms. The van der Waals surface area contributed by atoms with Gasteiger partial charge in [0, 0.05) is 38.9 Å². The molecule has 0 radical (unpaired) electrons. The number of hydrogen-bond donors (Lipinski definition) is 0. The van der Waals surface area contributed by atoms with Gasteiger partial charge in [0.05, 0.1) is 11.2 Å². The number of anilines is 1. The number of piperidine rings is 1. The predicted octanol–water partition coefficient (Wildman–Crippen LogP) is 3.65. The lowest BCUT2D eigenvalue weighted by Gasteiger charge is -2.42. The summed E-state index contributed by atoms with van der Waals surface area (Å²) in [5.74, 6) is 0.122. The third-order valence-corrected chi connectivity index (χ3v) is 6.59. The van der Waals surface area contributed by atoms with Gasteiger partial charge < -0.3 is 14.5 Å². The summed E-state index contributed by atoms with van der Waals surface area (Å²) in [6.45, 7) is 2.50. The van der Waals surface area contributed by atoms with Crippen LogP contribution in [0.15, 0.2) is 46.3 Å². The molecule has 2 atom stereocenters. The Morgan fingerprint density at radius 3 is 2.61 bits per heavy atom. The van der Waals surface area contributed by atoms with Crippen LogP contribution in [-0.2, 0) is 11.9 Å². The molecule has 0 N–H and O–H groups in total. The zero-order valence-corrected chi connectivity index (χ0v) is 19.4. The Bertz CT molecular complexity index is 1460. The molecule has 0 aliphatic carbocycles. The molecule has 4 heterocycles. The van der Waals surface area contributed by atoms with Crippen molar-refractivity contribution in [2.75, 3.05) is 11.4 Å². The summed E-state index contributed by atoms with van der Waals surface area (Å²) >= 11 is 0. The summed E-state index contributed by atoms with van der Waals surface area (Å²) in [7, 11) is 1.61. The zero-order valence-electron chi connectivity index (χ0n) is 19.4. The maximum Gasteiger partial charge on any atom is 0.573 e. The summed E-state index contributed by atoms with van der Waals surface area (Å²) in [6, 6.07) is 10.7. The number of pyridine rings is 1. The van der Waals surface area contributed by atoms with Crippen LogP contribution in [0.25, 0.3) is 11.0 Å². The molecule has 2 aromatic heterocycles. The average Bonchev–Trinajstić information content (AvgIpc) is 3.24. The fraction of sp³-hybridized carbons (Fsp3) is 0.375. The van der Waals surface area contributed by atoms with Gasteiger partial charge >= 0.3 is 12.1 Å². The molecule has 5 rings (SSSR count). The third kappa shape index (κ3) is 4.32. The van der Waals surface area contributed by atoms with E-state index in [4.69, 9.17) is 4.84 Å². The third-order valence-electron chi connectivity index (χ3n) is 6.59. The number of hydrogen-bond acceptors (Lipinski definition) is 8. The van der Waals surface area contributed by atoms with E-state index in [1.54, 1.807) is 19.2 Å². The quantitative estimate of drug-likeness (QED) is 0.543. The van der Waals surface area contributed by atoms with E-state index in [2.05, 4.69) is 19.9 Å². The van der Waals surface area contributed by atoms with Crippen molar-refractivity contribution in [3.05, 3.63) is 58.1 Å². The molecular weight excluding hydrogens is 477 g/mol. The van der Waals surface area contributed by atoms with Gasteiger partial charge in [-0.25, -0.2) is 9.78 Å². The topological polar surface area (TPSA) is 106 Å². The first kappa shape index (κ1) is 23.6. The first-order valence-corrected chi connectivity index (χ1v) is 11.2. The number of alkyl halides is 3. The smallest absolute Gasteiger partial charge is 0.406 e. The van der Waals surface area contributed by atoms with Crippen LogP contribution in [0.2, 0.25) is 0 Å². The summed E-state index contributed by atoms with van der Waals surface area (Å²) in [6.07, 6.45) is -3.10. The van der Waals surface area contributed by atoms with Crippen LogP contribution in [0.5, 0.6) is 5.75 Å². The van der Waals surface area contributed by atoms with Crippen molar-refractivity contribution in [1.82, 2.24) is 14.5 Å². The summed E-state index contributed by atoms with van der Waals surface area (Å²) in [4.78, 5) is 29.1. The van der Waals surface area contributed by atoms with Gasteiger partial charge in [-0.05, 0) is 48.9 Å². The molecule has 1 aromatic carbocycles. The molecular formula is C24H21F3N6O3. The van der Waals surface area contributed by atoms with Crippen LogP contribution in [0, 0.1) is 11.3 Å². The van der Waals surface area contributed by atoms with Gasteiger partial charge in [-0.15, -0.1) is 13.2 Å². The Balaban J connectivity index is 1.35. The van der Waals surface area contributed by atoms with Gasteiger partial charge in [0.1, 0.15) is 28.6 Å². The number of nitrogens with zero attached hydrogens (tertiary/aromatic N) is 6. The van der Waals surface area contributed by atoms with E-state index < -0.39 is 17.7 Å². The summed E-state index contributed by atoms with van der Waals surface area (Å²) in [5, 5.41) is 13.5. The predicted molar refractivity (Wildman–Crippen MR) is 124 cm³/mol. The Hall–Kier alpha value is -4.14. The van der Waals surface area contributed by atoms with Gasteiger partial charge in [0.15, 0.2) is 5.82 Å². The minimum atomic E-state index is -4.75. The van der Waals surface area contributed by atoms with Crippen molar-refractivity contribution >= 4 is 22.6 Å². The number of fused-ring (bicyclic) bond motifs is 1. The van der Waals surface area contributed by atoms with Crippen molar-refractivity contribution < 1.29 is 22.7 Å². The van der Waals surface area contributed by atoms with Gasteiger partial charge in [-0.2, -0.15) is 10.2 Å². The fourth-order valence-corrected chi connectivity index (χ4v) is 4.85. The molecule has 0 amide bonds. The lowest BCUT2D eigenvalue weighted by Crippen LogP contribution is -2.50. The minimum absolute atomic E-state index is 0.0915. The van der Waals surface area contributed by atoms with Crippen LogP contribution < -0.4 is 15.3 Å². The molecule has 3 aromatic rings. The van der Waals surface area contributed by atoms with E-state index >= 15 is 0 Å². The highest BCUT2D eigenvalue weighted by atomic mass is 19.4. The van der Waals surface area contributed by atoms with E-state index in [1.165, 1.54) is 28.8 Å². The van der Waals surface area contributed by atoms with E-state index in [-0.39, 0.29) is 17.5 Å². The second-order valence-electron chi connectivity index (χ2n) is 9.01. The van der Waals surface area contributed by atoms with Crippen LogP contribution in [0.1, 0.15) is 37.4 Å². The number of halogens is 3. The summed E-state index contributed by atoms with van der Waals surface area (Å²) < 4.78 is 42.6. The number of benzene rings is 1. The van der Waals surface area contributed by atoms with Crippen molar-refractivity contribution in [3.8, 4) is 11.8 Å². The first-order chi connectivity index (χ1) is 17.1. The lowest BCUT2D eigenvalue weighted by molar-refractivity contribution is -0.274. The first-order valence-electron chi connectivity index (χ1n) is 11.2. The number of oxime groups is 1. The van der Waals surface area contributed by atoms with Gasteiger partial charge in [-0.3, -0.25) is 4.57 Å². The van der Waals surface area contributed by atoms with Crippen LogP contribution in [0.4, 0.5) is 19.0 Å². The monoisotopic (exact) mass is 498 g/mol. The van der Waals surface area contributed by atoms with Crippen LogP contribution >= 0.6 is 0 Å². The van der Waals surface area contributed by atoms with Crippen molar-refractivity contribution in [3.63, 3.8) is 0 Å². The highest BCUT2D eigenvalue weighted by Crippen LogP contribution is 2.40. The molecule has 1 unspecified atom stereocenters. The zero-order chi connectivity index (χ0) is 25.7. The molecule has 1 fully saturated rings. The van der Waals surface area contributed by atoms with E-state index in [9.17, 15) is 23.2 Å². The number of aryl methyl sites for hydroxylation is 1. The van der Waals surface area contributed by atoms with Crippen LogP contribution in [-0.4, -0.2) is 44.8 Å². The number of rotatable bonds is 3. The Morgan fingerprint density at radius 1 is 1.19 bits per heavy atom. The SMILES string of the molecule is C[C@H]1CC2(CCN1c1nc(=O)n(C)c3ccc(C#N)nc13)CC(c1ccc(OC(F)(F)F)cc1)=NO2. The Morgan fingerprint density at radius 2 is 1.94 bits per heavy atom. The van der Waals surface area contributed by atoms with E-state index in [0.29, 0.717) is 53.9 Å². The standard InChI is InChI=1S/C24H21F3N6O3/c1-14-11-23(12-18(31-36-23)15-3-6-17(7-4-15)35-24(25,26)27)9-10-33(14)21-20-19(32(2)22(34)30-21)8-5-16(13-28)29-20/h3-8,14H,9-12H2,1-2H3/t14-,23?/m0/s1. The second kappa shape index (κ2) is 8.51. The van der Waals surface area contributed by atoms with E-state index in [1.807, 2.05) is 17.9 Å². The molecule has 1 spiro atoms. The van der Waals surface area contributed by atoms with Gasteiger partial charge in [0.25, 0.3) is 0 Å². The Kier molecular flexibility index (Phi) is 5.58. The molecule has 12 heteroatoms. The van der Waals surface area contributed by atoms with Gasteiger partial charge in [0.2, 0.25) is 0 Å². The van der Waals surface area contributed by atoms with Crippen molar-refractivity contribution in [1.29, 1.82) is 5.26 Å². The van der Waals surface area contributed by atoms with E-state index in [0.717, 1.165) is 0 Å². The maximum absolute atomic E-state index is 12.5. The number of ether oxygens (including phenoxy) is 1.